The molecule has 1 unspecified atom stereocenters. The first-order valence-corrected chi connectivity index (χ1v) is 6.83. The Labute approximate surface area is 109 Å². The Morgan fingerprint density at radius 2 is 2.39 bits per heavy atom. The molecular formula is C14H23N3O. The van der Waals surface area contributed by atoms with Crippen molar-refractivity contribution in [2.24, 2.45) is 0 Å². The summed E-state index contributed by atoms with van der Waals surface area (Å²) < 4.78 is 5.79. The summed E-state index contributed by atoms with van der Waals surface area (Å²) in [6.07, 6.45) is 5.80. The third-order valence-electron chi connectivity index (χ3n) is 3.50. The van der Waals surface area contributed by atoms with E-state index < -0.39 is 0 Å². The molecule has 0 amide bonds. The molecule has 1 fully saturated rings. The van der Waals surface area contributed by atoms with Crippen molar-refractivity contribution in [1.82, 2.24) is 9.88 Å². The zero-order valence-electron chi connectivity index (χ0n) is 11.1. The molecule has 4 nitrogen and oxygen atoms in total. The molecule has 0 radical (unpaired) electrons. The minimum absolute atomic E-state index is 0.386. The number of ether oxygens (including phenoxy) is 1. The van der Waals surface area contributed by atoms with Gasteiger partial charge in [0.25, 0.3) is 0 Å². The van der Waals surface area contributed by atoms with Crippen LogP contribution in [-0.4, -0.2) is 35.7 Å². The van der Waals surface area contributed by atoms with Crippen molar-refractivity contribution in [2.45, 2.75) is 38.8 Å². The number of pyridine rings is 1. The Bertz CT molecular complexity index is 364. The van der Waals surface area contributed by atoms with Gasteiger partial charge in [-0.1, -0.05) is 13.0 Å². The first-order chi connectivity index (χ1) is 8.79. The standard InChI is InChI=1S/C14H23N3O/c1-2-17(11-13-7-3-4-9-18-13)10-12-6-5-8-16-14(12)15/h5-6,8,13H,2-4,7,9-11H2,1H3,(H2,15,16). The first kappa shape index (κ1) is 13.3. The largest absolute Gasteiger partial charge is 0.383 e. The maximum Gasteiger partial charge on any atom is 0.127 e. The molecule has 2 rings (SSSR count). The fourth-order valence-electron chi connectivity index (χ4n) is 2.37. The average Bonchev–Trinajstić information content (AvgIpc) is 2.41. The lowest BCUT2D eigenvalue weighted by Gasteiger charge is -2.29. The topological polar surface area (TPSA) is 51.4 Å². The highest BCUT2D eigenvalue weighted by Gasteiger charge is 2.17. The van der Waals surface area contributed by atoms with Crippen molar-refractivity contribution < 1.29 is 4.74 Å². The minimum Gasteiger partial charge on any atom is -0.383 e. The molecule has 1 aliphatic heterocycles. The van der Waals surface area contributed by atoms with E-state index in [1.54, 1.807) is 6.20 Å². The molecule has 2 heterocycles. The molecule has 1 aromatic heterocycles. The van der Waals surface area contributed by atoms with E-state index in [9.17, 15) is 0 Å². The summed E-state index contributed by atoms with van der Waals surface area (Å²) in [7, 11) is 0. The molecule has 1 saturated heterocycles. The predicted octanol–water partition coefficient (Wildman–Crippen LogP) is 2.05. The number of rotatable bonds is 5. The maximum absolute atomic E-state index is 5.89. The number of likely N-dealkylation sites (N-methyl/N-ethyl adjacent to an activating group) is 1. The van der Waals surface area contributed by atoms with E-state index in [0.717, 1.165) is 31.8 Å². The van der Waals surface area contributed by atoms with Gasteiger partial charge in [0.15, 0.2) is 0 Å². The second kappa shape index (κ2) is 6.71. The molecule has 100 valence electrons. The number of hydrogen-bond acceptors (Lipinski definition) is 4. The highest BCUT2D eigenvalue weighted by atomic mass is 16.5. The number of hydrogen-bond donors (Lipinski definition) is 1. The molecule has 2 N–H and O–H groups in total. The molecule has 0 aliphatic carbocycles. The van der Waals surface area contributed by atoms with Crippen LogP contribution in [0.25, 0.3) is 0 Å². The van der Waals surface area contributed by atoms with E-state index in [1.165, 1.54) is 19.3 Å². The van der Waals surface area contributed by atoms with Gasteiger partial charge in [0, 0.05) is 31.5 Å². The van der Waals surface area contributed by atoms with Crippen molar-refractivity contribution in [3.63, 3.8) is 0 Å². The van der Waals surface area contributed by atoms with Gasteiger partial charge in [-0.15, -0.1) is 0 Å². The molecule has 1 atom stereocenters. The highest BCUT2D eigenvalue weighted by molar-refractivity contribution is 5.38. The zero-order chi connectivity index (χ0) is 12.8. The van der Waals surface area contributed by atoms with E-state index in [1.807, 2.05) is 12.1 Å². The monoisotopic (exact) mass is 249 g/mol. The van der Waals surface area contributed by atoms with Crippen molar-refractivity contribution in [2.75, 3.05) is 25.4 Å². The van der Waals surface area contributed by atoms with Crippen LogP contribution in [0.2, 0.25) is 0 Å². The van der Waals surface area contributed by atoms with Crippen LogP contribution in [0.1, 0.15) is 31.7 Å². The van der Waals surface area contributed by atoms with Crippen LogP contribution < -0.4 is 5.73 Å². The van der Waals surface area contributed by atoms with Crippen LogP contribution in [0.4, 0.5) is 5.82 Å². The van der Waals surface area contributed by atoms with E-state index in [0.29, 0.717) is 11.9 Å². The molecule has 18 heavy (non-hydrogen) atoms. The summed E-state index contributed by atoms with van der Waals surface area (Å²) in [6, 6.07) is 3.99. The molecule has 0 bridgehead atoms. The van der Waals surface area contributed by atoms with Gasteiger partial charge in [0.1, 0.15) is 5.82 Å². The van der Waals surface area contributed by atoms with Gasteiger partial charge in [-0.25, -0.2) is 4.98 Å². The van der Waals surface area contributed by atoms with Crippen molar-refractivity contribution in [3.05, 3.63) is 23.9 Å². The number of nitrogens with zero attached hydrogens (tertiary/aromatic N) is 2. The van der Waals surface area contributed by atoms with Crippen molar-refractivity contribution in [1.29, 1.82) is 0 Å². The summed E-state index contributed by atoms with van der Waals surface area (Å²) in [5.74, 6) is 0.639. The van der Waals surface area contributed by atoms with Gasteiger partial charge < -0.3 is 10.5 Å². The van der Waals surface area contributed by atoms with Crippen LogP contribution >= 0.6 is 0 Å². The lowest BCUT2D eigenvalue weighted by molar-refractivity contribution is -0.00621. The van der Waals surface area contributed by atoms with E-state index >= 15 is 0 Å². The molecule has 1 aliphatic rings. The van der Waals surface area contributed by atoms with Crippen molar-refractivity contribution in [3.8, 4) is 0 Å². The highest BCUT2D eigenvalue weighted by Crippen LogP contribution is 2.16. The zero-order valence-corrected chi connectivity index (χ0v) is 11.1. The Morgan fingerprint density at radius 1 is 1.50 bits per heavy atom. The normalized spacial score (nSPS) is 20.2. The third-order valence-corrected chi connectivity index (χ3v) is 3.50. The van der Waals surface area contributed by atoms with Crippen molar-refractivity contribution >= 4 is 5.82 Å². The molecule has 0 spiro atoms. The van der Waals surface area contributed by atoms with Gasteiger partial charge in [-0.3, -0.25) is 4.90 Å². The fraction of sp³-hybridized carbons (Fsp3) is 0.643. The molecule has 0 aromatic carbocycles. The minimum atomic E-state index is 0.386. The second-order valence-corrected chi connectivity index (χ2v) is 4.86. The maximum atomic E-state index is 5.89. The van der Waals surface area contributed by atoms with E-state index in [-0.39, 0.29) is 0 Å². The summed E-state index contributed by atoms with van der Waals surface area (Å²) in [5, 5.41) is 0. The molecular weight excluding hydrogens is 226 g/mol. The van der Waals surface area contributed by atoms with Crippen LogP contribution in [0.3, 0.4) is 0 Å². The summed E-state index contributed by atoms with van der Waals surface area (Å²) in [4.78, 5) is 6.51. The Hall–Kier alpha value is -1.13. The van der Waals surface area contributed by atoms with Gasteiger partial charge in [-0.05, 0) is 31.9 Å². The van der Waals surface area contributed by atoms with Crippen LogP contribution in [0, 0.1) is 0 Å². The number of anilines is 1. The van der Waals surface area contributed by atoms with E-state index in [4.69, 9.17) is 10.5 Å². The van der Waals surface area contributed by atoms with Gasteiger partial charge >= 0.3 is 0 Å². The summed E-state index contributed by atoms with van der Waals surface area (Å²) in [6.45, 7) is 5.95. The van der Waals surface area contributed by atoms with E-state index in [2.05, 4.69) is 16.8 Å². The quantitative estimate of drug-likeness (QED) is 0.867. The SMILES string of the molecule is CCN(Cc1cccnc1N)CC1CCCCO1. The number of nitrogen functional groups attached to an aromatic ring is 1. The Balaban J connectivity index is 1.90. The van der Waals surface area contributed by atoms with Crippen LogP contribution in [0.5, 0.6) is 0 Å². The number of nitrogens with two attached hydrogens (primary N) is 1. The van der Waals surface area contributed by atoms with Gasteiger partial charge in [0.05, 0.1) is 6.10 Å². The predicted molar refractivity (Wildman–Crippen MR) is 73.2 cm³/mol. The fourth-order valence-corrected chi connectivity index (χ4v) is 2.37. The smallest absolute Gasteiger partial charge is 0.127 e. The molecule has 0 saturated carbocycles. The lowest BCUT2D eigenvalue weighted by atomic mass is 10.1. The average molecular weight is 249 g/mol. The van der Waals surface area contributed by atoms with Gasteiger partial charge in [-0.2, -0.15) is 0 Å². The third kappa shape index (κ3) is 3.68. The number of aromatic nitrogens is 1. The molecule has 1 aromatic rings. The first-order valence-electron chi connectivity index (χ1n) is 6.83. The lowest BCUT2D eigenvalue weighted by Crippen LogP contribution is -2.35. The van der Waals surface area contributed by atoms with Gasteiger partial charge in [0.2, 0.25) is 0 Å². The molecule has 4 heteroatoms. The summed E-state index contributed by atoms with van der Waals surface area (Å²) >= 11 is 0. The Morgan fingerprint density at radius 3 is 3.06 bits per heavy atom. The van der Waals surface area contributed by atoms with Crippen LogP contribution in [-0.2, 0) is 11.3 Å². The summed E-state index contributed by atoms with van der Waals surface area (Å²) in [5.41, 5.74) is 6.99. The second-order valence-electron chi connectivity index (χ2n) is 4.86. The van der Waals surface area contributed by atoms with Crippen LogP contribution in [0.15, 0.2) is 18.3 Å². The Kier molecular flexibility index (Phi) is 4.96.